The lowest BCUT2D eigenvalue weighted by Gasteiger charge is -2.08. The Balaban J connectivity index is 1.37. The van der Waals surface area contributed by atoms with Crippen LogP contribution in [0.1, 0.15) is 10.4 Å². The van der Waals surface area contributed by atoms with Crippen LogP contribution >= 0.6 is 0 Å². The number of nitrogens with zero attached hydrogens (tertiary/aromatic N) is 9. The topological polar surface area (TPSA) is 215 Å². The lowest BCUT2D eigenvalue weighted by atomic mass is 10.1. The van der Waals surface area contributed by atoms with Crippen molar-refractivity contribution in [1.29, 1.82) is 0 Å². The average Bonchev–Trinajstić information content (AvgIpc) is 3.79. The van der Waals surface area contributed by atoms with Crippen molar-refractivity contribution in [3.05, 3.63) is 98.8 Å². The Kier molecular flexibility index (Phi) is 10.6. The van der Waals surface area contributed by atoms with Crippen molar-refractivity contribution >= 4 is 17.3 Å². The molecule has 18 heteroatoms. The first kappa shape index (κ1) is 32.4. The molecule has 0 aliphatic heterocycles. The van der Waals surface area contributed by atoms with Crippen molar-refractivity contribution in [3.63, 3.8) is 0 Å². The lowest BCUT2D eigenvalue weighted by Crippen LogP contribution is -2.14. The normalized spacial score (nSPS) is 11.0. The zero-order valence-electron chi connectivity index (χ0n) is 24.9. The summed E-state index contributed by atoms with van der Waals surface area (Å²) in [6.45, 7) is 1.75. The molecule has 0 amide bonds. The number of ether oxygens (including phenoxy) is 4. The fraction of sp³-hybridized carbons (Fsp3) is 0.241. The number of esters is 1. The van der Waals surface area contributed by atoms with Gasteiger partial charge in [-0.1, -0.05) is 10.4 Å². The number of hydrogen-bond acceptors (Lipinski definition) is 14. The molecule has 3 aromatic heterocycles. The summed E-state index contributed by atoms with van der Waals surface area (Å²) in [5.74, 6) is -0.652. The van der Waals surface area contributed by atoms with E-state index in [1.165, 1.54) is 70.0 Å². The second-order valence-electron chi connectivity index (χ2n) is 9.62. The number of carbonyl (C=O) groups is 1. The van der Waals surface area contributed by atoms with Gasteiger partial charge >= 0.3 is 5.97 Å². The van der Waals surface area contributed by atoms with Crippen LogP contribution in [0, 0.1) is 20.2 Å². The molecule has 0 N–H and O–H groups in total. The third-order valence-electron chi connectivity index (χ3n) is 6.49. The van der Waals surface area contributed by atoms with Gasteiger partial charge in [0.05, 0.1) is 83.6 Å². The lowest BCUT2D eigenvalue weighted by molar-refractivity contribution is -0.385. The maximum atomic E-state index is 13.1. The molecule has 0 atom stereocenters. The van der Waals surface area contributed by atoms with Crippen LogP contribution in [0.3, 0.4) is 0 Å². The SMILES string of the molecule is COCCOCCOCCOC(=O)c1cc(-c2cn(-c3ccc([N+](=O)[O-])cc3)nn2)nc(-c2cn(-c3ccc([N+](=O)[O-])cc3)nn2)c1. The third kappa shape index (κ3) is 8.39. The van der Waals surface area contributed by atoms with E-state index in [1.54, 1.807) is 19.5 Å². The van der Waals surface area contributed by atoms with Crippen LogP contribution in [0.5, 0.6) is 0 Å². The van der Waals surface area contributed by atoms with Gasteiger partial charge in [-0.05, 0) is 36.4 Å². The van der Waals surface area contributed by atoms with Gasteiger partial charge < -0.3 is 18.9 Å². The first-order valence-electron chi connectivity index (χ1n) is 14.0. The molecule has 0 fully saturated rings. The van der Waals surface area contributed by atoms with Gasteiger partial charge in [0.2, 0.25) is 0 Å². The van der Waals surface area contributed by atoms with Crippen LogP contribution in [-0.2, 0) is 18.9 Å². The Hall–Kier alpha value is -5.98. The molecule has 47 heavy (non-hydrogen) atoms. The Labute approximate surface area is 265 Å². The van der Waals surface area contributed by atoms with E-state index < -0.39 is 15.8 Å². The van der Waals surface area contributed by atoms with Crippen LogP contribution in [0.15, 0.2) is 73.1 Å². The number of rotatable bonds is 16. The highest BCUT2D eigenvalue weighted by atomic mass is 16.6. The molecule has 3 heterocycles. The minimum absolute atomic E-state index is 0.0173. The molecule has 5 rings (SSSR count). The van der Waals surface area contributed by atoms with E-state index in [0.29, 0.717) is 49.2 Å². The van der Waals surface area contributed by atoms with Gasteiger partial charge in [-0.25, -0.2) is 19.1 Å². The molecule has 0 unspecified atom stereocenters. The molecule has 0 radical (unpaired) electrons. The molecular formula is C29H27N9O9. The summed E-state index contributed by atoms with van der Waals surface area (Å²) in [6, 6.07) is 14.4. The molecule has 2 aromatic carbocycles. The van der Waals surface area contributed by atoms with E-state index in [0.717, 1.165) is 0 Å². The zero-order chi connectivity index (χ0) is 33.2. The number of methoxy groups -OCH3 is 1. The highest BCUT2D eigenvalue weighted by Gasteiger charge is 2.18. The molecule has 18 nitrogen and oxygen atoms in total. The van der Waals surface area contributed by atoms with Gasteiger partial charge in [0, 0.05) is 31.4 Å². The van der Waals surface area contributed by atoms with Gasteiger partial charge in [0.15, 0.2) is 0 Å². The van der Waals surface area contributed by atoms with Crippen LogP contribution in [0.2, 0.25) is 0 Å². The van der Waals surface area contributed by atoms with Crippen LogP contribution in [0.25, 0.3) is 34.2 Å². The van der Waals surface area contributed by atoms with E-state index in [2.05, 4.69) is 25.6 Å². The van der Waals surface area contributed by atoms with Crippen molar-refractivity contribution in [2.45, 2.75) is 0 Å². The smallest absolute Gasteiger partial charge is 0.338 e. The Bertz CT molecular complexity index is 1730. The maximum Gasteiger partial charge on any atom is 0.338 e. The monoisotopic (exact) mass is 645 g/mol. The standard InChI is InChI=1S/C29H27N9O9/c1-44-10-11-45-12-13-46-14-15-47-29(39)20-16-25(27-18-35(33-31-27)21-2-6-23(7-3-21)37(40)41)30-26(17-20)28-19-36(34-32-28)22-4-8-24(9-5-22)38(42)43/h2-9,16-19H,10-15H2,1H3. The number of nitro benzene ring substituents is 2. The molecular weight excluding hydrogens is 618 g/mol. The Morgan fingerprint density at radius 3 is 1.57 bits per heavy atom. The summed E-state index contributed by atoms with van der Waals surface area (Å²) in [5.41, 5.74) is 2.12. The van der Waals surface area contributed by atoms with Crippen molar-refractivity contribution in [2.24, 2.45) is 0 Å². The van der Waals surface area contributed by atoms with E-state index in [-0.39, 0.29) is 41.5 Å². The number of hydrogen-bond donors (Lipinski definition) is 0. The first-order chi connectivity index (χ1) is 22.8. The summed E-state index contributed by atoms with van der Waals surface area (Å²) >= 11 is 0. The van der Waals surface area contributed by atoms with Gasteiger partial charge in [0.25, 0.3) is 11.4 Å². The third-order valence-corrected chi connectivity index (χ3v) is 6.49. The largest absolute Gasteiger partial charge is 0.460 e. The highest BCUT2D eigenvalue weighted by molar-refractivity contribution is 5.91. The predicted molar refractivity (Wildman–Crippen MR) is 162 cm³/mol. The van der Waals surface area contributed by atoms with E-state index in [4.69, 9.17) is 18.9 Å². The molecule has 0 aliphatic rings. The Morgan fingerprint density at radius 1 is 0.681 bits per heavy atom. The van der Waals surface area contributed by atoms with E-state index >= 15 is 0 Å². The highest BCUT2D eigenvalue weighted by Crippen LogP contribution is 2.25. The Morgan fingerprint density at radius 2 is 1.13 bits per heavy atom. The van der Waals surface area contributed by atoms with Gasteiger partial charge in [-0.3, -0.25) is 20.2 Å². The van der Waals surface area contributed by atoms with Crippen LogP contribution in [-0.4, -0.2) is 97.5 Å². The summed E-state index contributed by atoms with van der Waals surface area (Å²) in [7, 11) is 1.58. The van der Waals surface area contributed by atoms with Gasteiger partial charge in [-0.2, -0.15) is 0 Å². The fourth-order valence-corrected chi connectivity index (χ4v) is 4.12. The van der Waals surface area contributed by atoms with Crippen molar-refractivity contribution in [3.8, 4) is 34.2 Å². The number of carbonyl (C=O) groups excluding carboxylic acids is 1. The molecule has 0 bridgehead atoms. The molecule has 0 aliphatic carbocycles. The van der Waals surface area contributed by atoms with Gasteiger partial charge in [0.1, 0.15) is 18.0 Å². The van der Waals surface area contributed by atoms with Gasteiger partial charge in [-0.15, -0.1) is 10.2 Å². The summed E-state index contributed by atoms with van der Waals surface area (Å²) < 4.78 is 23.9. The minimum atomic E-state index is -0.652. The molecule has 0 saturated heterocycles. The van der Waals surface area contributed by atoms with Crippen LogP contribution < -0.4 is 0 Å². The van der Waals surface area contributed by atoms with Crippen molar-refractivity contribution in [1.82, 2.24) is 35.0 Å². The van der Waals surface area contributed by atoms with Crippen molar-refractivity contribution < 1.29 is 33.6 Å². The quantitative estimate of drug-likeness (QED) is 0.0652. The van der Waals surface area contributed by atoms with Crippen LogP contribution in [0.4, 0.5) is 11.4 Å². The number of pyridine rings is 1. The molecule has 5 aromatic rings. The van der Waals surface area contributed by atoms with E-state index in [9.17, 15) is 25.0 Å². The second-order valence-corrected chi connectivity index (χ2v) is 9.62. The number of nitro groups is 2. The number of non-ortho nitro benzene ring substituents is 2. The predicted octanol–water partition coefficient (Wildman–Crippen LogP) is 3.23. The fourth-order valence-electron chi connectivity index (χ4n) is 4.12. The van der Waals surface area contributed by atoms with E-state index in [1.807, 2.05) is 0 Å². The minimum Gasteiger partial charge on any atom is -0.460 e. The summed E-state index contributed by atoms with van der Waals surface area (Å²) in [6.07, 6.45) is 3.11. The van der Waals surface area contributed by atoms with Crippen molar-refractivity contribution in [2.75, 3.05) is 46.8 Å². The number of aromatic nitrogens is 7. The molecule has 0 spiro atoms. The maximum absolute atomic E-state index is 13.1. The zero-order valence-corrected chi connectivity index (χ0v) is 24.9. The molecule has 0 saturated carbocycles. The summed E-state index contributed by atoms with van der Waals surface area (Å²) in [5, 5.41) is 38.6. The number of benzene rings is 2. The average molecular weight is 646 g/mol. The first-order valence-corrected chi connectivity index (χ1v) is 14.0. The second kappa shape index (κ2) is 15.3. The summed E-state index contributed by atoms with van der Waals surface area (Å²) in [4.78, 5) is 38.8. The molecule has 242 valence electrons.